The summed E-state index contributed by atoms with van der Waals surface area (Å²) in [5.41, 5.74) is 4.24. The number of benzene rings is 3. The molecule has 6 rings (SSSR count). The number of nitro groups is 1. The zero-order valence-corrected chi connectivity index (χ0v) is 23.0. The lowest BCUT2D eigenvalue weighted by atomic mass is 9.74. The van der Waals surface area contributed by atoms with Crippen molar-refractivity contribution in [2.24, 2.45) is 5.41 Å². The second kappa shape index (κ2) is 9.89. The van der Waals surface area contributed by atoms with E-state index in [0.717, 1.165) is 11.4 Å². The standard InChI is InChI=1S/C33H29N3O5/c1-20-17-22(36(39)40)13-14-23(20)28-15-16-29(41-28)31-30-25(18-33(2,3)19-27(30)37)34-24-11-7-8-12-26(24)35(31)32(38)21-9-5-4-6-10-21/h4-17,31,34H,18-19H2,1-3H3/t31-/m0/s1. The summed E-state index contributed by atoms with van der Waals surface area (Å²) in [6.07, 6.45) is 0.962. The summed E-state index contributed by atoms with van der Waals surface area (Å²) < 4.78 is 6.45. The molecule has 0 fully saturated rings. The highest BCUT2D eigenvalue weighted by atomic mass is 16.6. The molecule has 0 spiro atoms. The molecule has 4 aromatic rings. The number of nitro benzene ring substituents is 1. The molecule has 3 aromatic carbocycles. The smallest absolute Gasteiger partial charge is 0.269 e. The molecule has 0 saturated carbocycles. The van der Waals surface area contributed by atoms with E-state index in [4.69, 9.17) is 4.42 Å². The molecular weight excluding hydrogens is 518 g/mol. The van der Waals surface area contributed by atoms with Crippen LogP contribution in [0, 0.1) is 22.5 Å². The van der Waals surface area contributed by atoms with E-state index in [1.807, 2.05) is 42.5 Å². The van der Waals surface area contributed by atoms with Crippen LogP contribution in [-0.2, 0) is 4.79 Å². The molecule has 41 heavy (non-hydrogen) atoms. The predicted octanol–water partition coefficient (Wildman–Crippen LogP) is 7.62. The summed E-state index contributed by atoms with van der Waals surface area (Å²) >= 11 is 0. The molecule has 0 saturated heterocycles. The van der Waals surface area contributed by atoms with Crippen molar-refractivity contribution >= 4 is 28.8 Å². The molecule has 1 aliphatic heterocycles. The first-order chi connectivity index (χ1) is 19.6. The van der Waals surface area contributed by atoms with Crippen LogP contribution >= 0.6 is 0 Å². The van der Waals surface area contributed by atoms with Crippen LogP contribution in [0.25, 0.3) is 11.3 Å². The number of Topliss-reactive ketones (excluding diaryl/α,β-unsaturated/α-hetero) is 1. The number of carbonyl (C=O) groups excluding carboxylic acids is 2. The zero-order valence-electron chi connectivity index (χ0n) is 23.0. The van der Waals surface area contributed by atoms with Gasteiger partial charge in [0.15, 0.2) is 5.78 Å². The van der Waals surface area contributed by atoms with Crippen molar-refractivity contribution in [2.45, 2.75) is 39.7 Å². The summed E-state index contributed by atoms with van der Waals surface area (Å²) in [6.45, 7) is 5.92. The van der Waals surface area contributed by atoms with Gasteiger partial charge in [0.1, 0.15) is 17.6 Å². The number of amides is 1. The quantitative estimate of drug-likeness (QED) is 0.208. The number of anilines is 2. The van der Waals surface area contributed by atoms with Crippen LogP contribution in [0.2, 0.25) is 0 Å². The molecule has 0 unspecified atom stereocenters. The number of nitrogens with one attached hydrogen (secondary N) is 1. The number of non-ortho nitro benzene ring substituents is 1. The Bertz CT molecular complexity index is 1730. The van der Waals surface area contributed by atoms with Gasteiger partial charge in [-0.1, -0.05) is 44.2 Å². The van der Waals surface area contributed by atoms with Gasteiger partial charge in [0.2, 0.25) is 0 Å². The van der Waals surface area contributed by atoms with Crippen LogP contribution in [0.15, 0.2) is 101 Å². The van der Waals surface area contributed by atoms with Crippen molar-refractivity contribution in [3.63, 3.8) is 0 Å². The van der Waals surface area contributed by atoms with Crippen molar-refractivity contribution in [3.8, 4) is 11.3 Å². The molecule has 0 bridgehead atoms. The van der Waals surface area contributed by atoms with Gasteiger partial charge in [-0.15, -0.1) is 0 Å². The van der Waals surface area contributed by atoms with E-state index in [1.54, 1.807) is 42.2 Å². The number of ketones is 1. The minimum absolute atomic E-state index is 0.00525. The Morgan fingerprint density at radius 1 is 1.00 bits per heavy atom. The third kappa shape index (κ3) is 4.71. The minimum Gasteiger partial charge on any atom is -0.458 e. The van der Waals surface area contributed by atoms with Gasteiger partial charge in [-0.3, -0.25) is 24.6 Å². The Labute approximate surface area is 237 Å². The van der Waals surface area contributed by atoms with Gasteiger partial charge >= 0.3 is 0 Å². The van der Waals surface area contributed by atoms with Gasteiger partial charge in [-0.2, -0.15) is 0 Å². The highest BCUT2D eigenvalue weighted by molar-refractivity contribution is 6.11. The number of hydrogen-bond acceptors (Lipinski definition) is 6. The number of rotatable bonds is 4. The van der Waals surface area contributed by atoms with Crippen LogP contribution in [-0.4, -0.2) is 16.6 Å². The van der Waals surface area contributed by atoms with Gasteiger partial charge in [0.25, 0.3) is 11.6 Å². The fourth-order valence-electron chi connectivity index (χ4n) is 5.88. The molecule has 1 aromatic heterocycles. The lowest BCUT2D eigenvalue weighted by molar-refractivity contribution is -0.384. The van der Waals surface area contributed by atoms with Crippen molar-refractivity contribution in [3.05, 3.63) is 123 Å². The fourth-order valence-corrected chi connectivity index (χ4v) is 5.88. The van der Waals surface area contributed by atoms with Crippen molar-refractivity contribution in [1.29, 1.82) is 0 Å². The van der Waals surface area contributed by atoms with E-state index < -0.39 is 11.0 Å². The Hall–Kier alpha value is -4.98. The monoisotopic (exact) mass is 547 g/mol. The van der Waals surface area contributed by atoms with E-state index in [0.29, 0.717) is 52.3 Å². The molecule has 1 atom stereocenters. The molecule has 8 nitrogen and oxygen atoms in total. The largest absolute Gasteiger partial charge is 0.458 e. The maximum atomic E-state index is 14.3. The molecule has 1 aliphatic carbocycles. The van der Waals surface area contributed by atoms with E-state index in [1.165, 1.54) is 12.1 Å². The molecular formula is C33H29N3O5. The van der Waals surface area contributed by atoms with Crippen LogP contribution in [0.4, 0.5) is 17.1 Å². The van der Waals surface area contributed by atoms with Crippen LogP contribution in [0.5, 0.6) is 0 Å². The first kappa shape index (κ1) is 26.3. The predicted molar refractivity (Wildman–Crippen MR) is 157 cm³/mol. The molecule has 1 N–H and O–H groups in total. The Balaban J connectivity index is 1.56. The molecule has 2 heterocycles. The highest BCUT2D eigenvalue weighted by Crippen LogP contribution is 2.49. The van der Waals surface area contributed by atoms with Crippen LogP contribution in [0.3, 0.4) is 0 Å². The fraction of sp³-hybridized carbons (Fsp3) is 0.212. The van der Waals surface area contributed by atoms with Crippen molar-refractivity contribution < 1.29 is 18.9 Å². The van der Waals surface area contributed by atoms with Crippen LogP contribution in [0.1, 0.15) is 54.4 Å². The Morgan fingerprint density at radius 3 is 2.46 bits per heavy atom. The maximum Gasteiger partial charge on any atom is 0.269 e. The maximum absolute atomic E-state index is 14.3. The normalized spacial score (nSPS) is 17.8. The third-order valence-corrected chi connectivity index (χ3v) is 7.72. The highest BCUT2D eigenvalue weighted by Gasteiger charge is 2.44. The molecule has 8 heteroatoms. The van der Waals surface area contributed by atoms with E-state index in [2.05, 4.69) is 19.2 Å². The SMILES string of the molecule is Cc1cc([N+](=O)[O-])ccc1-c1ccc([C@H]2C3=C(CC(C)(C)CC3=O)Nc3ccccc3N2C(=O)c2ccccc2)o1. The van der Waals surface area contributed by atoms with Gasteiger partial charge in [0, 0.05) is 41.0 Å². The van der Waals surface area contributed by atoms with E-state index >= 15 is 0 Å². The molecule has 2 aliphatic rings. The van der Waals surface area contributed by atoms with Crippen molar-refractivity contribution in [2.75, 3.05) is 10.2 Å². The van der Waals surface area contributed by atoms with Crippen LogP contribution < -0.4 is 10.2 Å². The second-order valence-corrected chi connectivity index (χ2v) is 11.4. The number of nitrogens with zero attached hydrogens (tertiary/aromatic N) is 2. The molecule has 206 valence electrons. The van der Waals surface area contributed by atoms with Crippen molar-refractivity contribution in [1.82, 2.24) is 0 Å². The summed E-state index contributed by atoms with van der Waals surface area (Å²) in [5.74, 6) is 0.620. The third-order valence-electron chi connectivity index (χ3n) is 7.72. The summed E-state index contributed by atoms with van der Waals surface area (Å²) in [6, 6.07) is 23.9. The lowest BCUT2D eigenvalue weighted by Gasteiger charge is -2.36. The number of furan rings is 1. The number of carbonyl (C=O) groups is 2. The first-order valence-corrected chi connectivity index (χ1v) is 13.5. The van der Waals surface area contributed by atoms with Gasteiger partial charge in [0.05, 0.1) is 16.3 Å². The number of hydrogen-bond donors (Lipinski definition) is 1. The average molecular weight is 548 g/mol. The second-order valence-electron chi connectivity index (χ2n) is 11.4. The Kier molecular flexibility index (Phi) is 6.33. The number of para-hydroxylation sites is 2. The van der Waals surface area contributed by atoms with E-state index in [-0.39, 0.29) is 22.8 Å². The molecule has 1 amide bonds. The van der Waals surface area contributed by atoms with Gasteiger partial charge < -0.3 is 9.73 Å². The zero-order chi connectivity index (χ0) is 28.9. The first-order valence-electron chi connectivity index (χ1n) is 13.5. The van der Waals surface area contributed by atoms with E-state index in [9.17, 15) is 19.7 Å². The summed E-state index contributed by atoms with van der Waals surface area (Å²) in [5, 5.41) is 14.8. The summed E-state index contributed by atoms with van der Waals surface area (Å²) in [7, 11) is 0. The number of fused-ring (bicyclic) bond motifs is 1. The Morgan fingerprint density at radius 2 is 1.73 bits per heavy atom. The van der Waals surface area contributed by atoms with Gasteiger partial charge in [-0.05, 0) is 66.8 Å². The number of aryl methyl sites for hydroxylation is 1. The topological polar surface area (TPSA) is 106 Å². The minimum atomic E-state index is -0.829. The number of allylic oxidation sites excluding steroid dienone is 1. The van der Waals surface area contributed by atoms with Gasteiger partial charge in [-0.25, -0.2) is 0 Å². The molecule has 0 radical (unpaired) electrons. The summed E-state index contributed by atoms with van der Waals surface area (Å²) in [4.78, 5) is 40.7. The lowest BCUT2D eigenvalue weighted by Crippen LogP contribution is -2.39. The average Bonchev–Trinajstić information content (AvgIpc) is 3.36.